The second-order valence-corrected chi connectivity index (χ2v) is 7.44. The van der Waals surface area contributed by atoms with Crippen LogP contribution in [0.4, 0.5) is 17.6 Å². The summed E-state index contributed by atoms with van der Waals surface area (Å²) in [6.45, 7) is 0. The number of H-pyrrole nitrogens is 2. The Morgan fingerprint density at radius 3 is 2.73 bits per heavy atom. The summed E-state index contributed by atoms with van der Waals surface area (Å²) in [5, 5.41) is 18.2. The van der Waals surface area contributed by atoms with Gasteiger partial charge in [0.25, 0.3) is 6.02 Å². The zero-order valence-electron chi connectivity index (χ0n) is 16.5. The Morgan fingerprint density at radius 1 is 1.27 bits per heavy atom. The zero-order chi connectivity index (χ0) is 23.3. The summed E-state index contributed by atoms with van der Waals surface area (Å²) >= 11 is 0. The molecule has 1 unspecified atom stereocenters. The van der Waals surface area contributed by atoms with Gasteiger partial charge in [0.1, 0.15) is 5.69 Å². The van der Waals surface area contributed by atoms with E-state index in [1.165, 1.54) is 17.3 Å². The van der Waals surface area contributed by atoms with Crippen LogP contribution in [0.2, 0.25) is 0 Å². The number of aliphatic imine (C=N–C) groups is 2. The summed E-state index contributed by atoms with van der Waals surface area (Å²) in [7, 11) is 0. The number of hydrogen-bond acceptors (Lipinski definition) is 6. The molecule has 3 heterocycles. The number of fused-ring (bicyclic) bond motifs is 1. The maximum atomic E-state index is 14.2. The maximum Gasteiger partial charge on any atom is 0.416 e. The highest BCUT2D eigenvalue weighted by Gasteiger charge is 2.37. The van der Waals surface area contributed by atoms with E-state index in [4.69, 9.17) is 4.74 Å². The minimum absolute atomic E-state index is 0.0334. The number of ether oxygens (including phenoxy) is 1. The summed E-state index contributed by atoms with van der Waals surface area (Å²) in [4.78, 5) is 24.7. The van der Waals surface area contributed by atoms with Gasteiger partial charge >= 0.3 is 11.9 Å². The topological polar surface area (TPSA) is 130 Å². The molecule has 0 bridgehead atoms. The van der Waals surface area contributed by atoms with Gasteiger partial charge in [-0.15, -0.1) is 0 Å². The highest BCUT2D eigenvalue weighted by molar-refractivity contribution is 6.03. The van der Waals surface area contributed by atoms with Crippen LogP contribution in [0.15, 0.2) is 43.7 Å². The maximum absolute atomic E-state index is 14.2. The fourth-order valence-corrected chi connectivity index (χ4v) is 3.15. The third-order valence-electron chi connectivity index (χ3n) is 4.90. The number of alkyl halides is 3. The van der Waals surface area contributed by atoms with Gasteiger partial charge in [-0.3, -0.25) is 10.3 Å². The van der Waals surface area contributed by atoms with Crippen LogP contribution in [0.1, 0.15) is 24.1 Å². The van der Waals surface area contributed by atoms with Crippen molar-refractivity contribution in [2.45, 2.75) is 31.2 Å². The van der Waals surface area contributed by atoms with Crippen LogP contribution in [-0.4, -0.2) is 50.5 Å². The summed E-state index contributed by atoms with van der Waals surface area (Å²) in [5.41, 5.74) is -1.24. The molecule has 1 aromatic carbocycles. The average molecular weight is 465 g/mol. The van der Waals surface area contributed by atoms with E-state index >= 15 is 0 Å². The van der Waals surface area contributed by atoms with E-state index in [0.717, 1.165) is 12.8 Å². The number of rotatable bonds is 3. The minimum Gasteiger partial charge on any atom is -0.493 e. The van der Waals surface area contributed by atoms with Crippen LogP contribution in [-0.2, 0) is 6.18 Å². The summed E-state index contributed by atoms with van der Waals surface area (Å²) in [5.74, 6) is -1.87. The highest BCUT2D eigenvalue weighted by atomic mass is 19.4. The van der Waals surface area contributed by atoms with Crippen molar-refractivity contribution in [2.75, 3.05) is 0 Å². The first-order valence-corrected chi connectivity index (χ1v) is 9.70. The molecule has 10 nitrogen and oxygen atoms in total. The van der Waals surface area contributed by atoms with Gasteiger partial charge < -0.3 is 14.8 Å². The molecule has 0 amide bonds. The average Bonchev–Trinajstić information content (AvgIpc) is 3.37. The first-order valence-electron chi connectivity index (χ1n) is 9.70. The molecule has 1 fully saturated rings. The van der Waals surface area contributed by atoms with E-state index in [-0.39, 0.29) is 23.7 Å². The van der Waals surface area contributed by atoms with Gasteiger partial charge in [-0.05, 0) is 37.1 Å². The molecule has 14 heteroatoms. The van der Waals surface area contributed by atoms with Crippen LogP contribution in [0.3, 0.4) is 0 Å². The SMILES string of the molecule is O=c1[nH]c(O)c(/C=C2/C=NN3C(=NC4CC4)NC(Oc4cc(C(F)(F)F)ccc4F)=NC23)[nH]1. The van der Waals surface area contributed by atoms with Crippen LogP contribution in [0, 0.1) is 5.82 Å². The van der Waals surface area contributed by atoms with Crippen molar-refractivity contribution in [2.24, 2.45) is 15.1 Å². The molecule has 2 aromatic rings. The van der Waals surface area contributed by atoms with E-state index in [2.05, 4.69) is 30.4 Å². The smallest absolute Gasteiger partial charge is 0.416 e. The van der Waals surface area contributed by atoms with Crippen molar-refractivity contribution >= 4 is 24.3 Å². The summed E-state index contributed by atoms with van der Waals surface area (Å²) in [6, 6.07) is 1.54. The third-order valence-corrected chi connectivity index (χ3v) is 4.90. The molecule has 33 heavy (non-hydrogen) atoms. The lowest BCUT2D eigenvalue weighted by Gasteiger charge is -2.29. The van der Waals surface area contributed by atoms with Gasteiger partial charge in [0.15, 0.2) is 17.7 Å². The number of guanidine groups is 1. The fraction of sp³-hybridized carbons (Fsp3) is 0.263. The molecule has 1 aliphatic carbocycles. The number of halogens is 4. The number of nitrogens with zero attached hydrogens (tertiary/aromatic N) is 4. The van der Waals surface area contributed by atoms with E-state index < -0.39 is 41.0 Å². The molecular formula is C19H15F4N7O3. The Bertz CT molecular complexity index is 1290. The normalized spacial score (nSPS) is 22.5. The minimum atomic E-state index is -4.69. The Balaban J connectivity index is 1.50. The van der Waals surface area contributed by atoms with Crippen molar-refractivity contribution in [3.05, 3.63) is 51.3 Å². The van der Waals surface area contributed by atoms with E-state index in [0.29, 0.717) is 23.8 Å². The molecule has 1 atom stereocenters. The number of aromatic amines is 2. The van der Waals surface area contributed by atoms with Crippen LogP contribution in [0.25, 0.3) is 6.08 Å². The Kier molecular flexibility index (Phi) is 4.72. The fourth-order valence-electron chi connectivity index (χ4n) is 3.15. The van der Waals surface area contributed by atoms with Crippen molar-refractivity contribution in [1.29, 1.82) is 0 Å². The van der Waals surface area contributed by atoms with Crippen molar-refractivity contribution in [1.82, 2.24) is 20.3 Å². The predicted octanol–water partition coefficient (Wildman–Crippen LogP) is 2.13. The number of nitrogens with one attached hydrogen (secondary N) is 3. The third kappa shape index (κ3) is 4.18. The van der Waals surface area contributed by atoms with Gasteiger partial charge in [0, 0.05) is 5.57 Å². The van der Waals surface area contributed by atoms with Gasteiger partial charge in [-0.1, -0.05) is 0 Å². The Morgan fingerprint density at radius 2 is 2.06 bits per heavy atom. The van der Waals surface area contributed by atoms with Crippen LogP contribution in [0.5, 0.6) is 11.6 Å². The molecule has 172 valence electrons. The molecular weight excluding hydrogens is 450 g/mol. The van der Waals surface area contributed by atoms with E-state index in [9.17, 15) is 27.5 Å². The summed E-state index contributed by atoms with van der Waals surface area (Å²) < 4.78 is 58.7. The Labute approximate surface area is 182 Å². The molecule has 2 aliphatic heterocycles. The largest absolute Gasteiger partial charge is 0.493 e. The summed E-state index contributed by atoms with van der Waals surface area (Å²) in [6.07, 6.45) is -1.04. The highest BCUT2D eigenvalue weighted by Crippen LogP contribution is 2.33. The van der Waals surface area contributed by atoms with Crippen LogP contribution >= 0.6 is 0 Å². The van der Waals surface area contributed by atoms with Crippen molar-refractivity contribution in [3.63, 3.8) is 0 Å². The molecule has 1 saturated carbocycles. The van der Waals surface area contributed by atoms with Gasteiger partial charge in [0.05, 0.1) is 17.8 Å². The van der Waals surface area contributed by atoms with Crippen LogP contribution < -0.4 is 15.7 Å². The number of aromatic hydroxyl groups is 1. The molecule has 0 radical (unpaired) electrons. The van der Waals surface area contributed by atoms with Gasteiger partial charge in [-0.25, -0.2) is 24.2 Å². The number of amidine groups is 1. The van der Waals surface area contributed by atoms with Crippen molar-refractivity contribution < 1.29 is 27.4 Å². The second kappa shape index (κ2) is 7.50. The first kappa shape index (κ1) is 20.8. The number of hydrazone groups is 1. The second-order valence-electron chi connectivity index (χ2n) is 7.44. The molecule has 5 rings (SSSR count). The standard InChI is InChI=1S/C19H15F4N7O3/c20-11-4-1-9(19(21,22)23)6-13(11)33-18-27-14-8(5-12-15(31)28-17(32)26-12)7-24-30(14)16(29-18)25-10-2-3-10/h1,4-7,10,14,31H,2-3H2,(H,25,27,29)(H2,26,28,32)/b8-5-. The first-order chi connectivity index (χ1) is 15.7. The van der Waals surface area contributed by atoms with Gasteiger partial charge in [-0.2, -0.15) is 18.3 Å². The quantitative estimate of drug-likeness (QED) is 0.516. The molecule has 3 aliphatic rings. The number of aromatic nitrogens is 2. The monoisotopic (exact) mass is 465 g/mol. The van der Waals surface area contributed by atoms with Gasteiger partial charge in [0.2, 0.25) is 11.8 Å². The number of imidazole rings is 1. The number of hydrogen-bond donors (Lipinski definition) is 4. The molecule has 0 spiro atoms. The zero-order valence-corrected chi connectivity index (χ0v) is 16.5. The van der Waals surface area contributed by atoms with E-state index in [1.54, 1.807) is 0 Å². The van der Waals surface area contributed by atoms with Crippen molar-refractivity contribution in [3.8, 4) is 11.6 Å². The Hall–Kier alpha value is -4.10. The molecule has 1 aromatic heterocycles. The number of benzene rings is 1. The molecule has 0 saturated heterocycles. The molecule has 4 N–H and O–H groups in total. The lowest BCUT2D eigenvalue weighted by molar-refractivity contribution is -0.137. The predicted molar refractivity (Wildman–Crippen MR) is 108 cm³/mol. The lowest BCUT2D eigenvalue weighted by Crippen LogP contribution is -2.51. The van der Waals surface area contributed by atoms with E-state index in [1.807, 2.05) is 0 Å². The lowest BCUT2D eigenvalue weighted by atomic mass is 10.2.